The van der Waals surface area contributed by atoms with E-state index in [4.69, 9.17) is 5.26 Å². The van der Waals surface area contributed by atoms with E-state index in [1.807, 2.05) is 19.2 Å². The third-order valence-corrected chi connectivity index (χ3v) is 5.89. The molecule has 4 nitrogen and oxygen atoms in total. The molecule has 0 aliphatic rings. The summed E-state index contributed by atoms with van der Waals surface area (Å²) in [7, 11) is -3.69. The quantitative estimate of drug-likeness (QED) is 0.582. The summed E-state index contributed by atoms with van der Waals surface area (Å²) in [6.45, 7) is 5.40. The lowest BCUT2D eigenvalue weighted by molar-refractivity contribution is 0.600. The number of halogens is 1. The van der Waals surface area contributed by atoms with Crippen LogP contribution in [0, 0.1) is 31.4 Å². The zero-order valence-corrected chi connectivity index (χ0v) is 16.1. The Kier molecular flexibility index (Phi) is 5.40. The Morgan fingerprint density at radius 1 is 1.09 bits per heavy atom. The lowest BCUT2D eigenvalue weighted by atomic mass is 10.1. The molecular formula is C16H15BrN2O2S2. The standard InChI is InChI=1S/C16H15BrN2O2S2/c1-10-4-5-13(17)8-15(10)23(20,21)19-16-11(2)6-14(22-9-18)7-12(16)3/h4-8,19H,1-3H3. The maximum atomic E-state index is 12.7. The van der Waals surface area contributed by atoms with Gasteiger partial charge >= 0.3 is 0 Å². The van der Waals surface area contributed by atoms with Gasteiger partial charge in [0.2, 0.25) is 0 Å². The maximum Gasteiger partial charge on any atom is 0.262 e. The highest BCUT2D eigenvalue weighted by atomic mass is 79.9. The van der Waals surface area contributed by atoms with E-state index in [1.54, 1.807) is 37.3 Å². The van der Waals surface area contributed by atoms with Crippen molar-refractivity contribution in [2.45, 2.75) is 30.6 Å². The predicted octanol–water partition coefficient (Wildman–Crippen LogP) is 4.75. The molecule has 0 radical (unpaired) electrons. The van der Waals surface area contributed by atoms with Gasteiger partial charge in [-0.15, -0.1) is 0 Å². The Morgan fingerprint density at radius 2 is 1.70 bits per heavy atom. The van der Waals surface area contributed by atoms with E-state index >= 15 is 0 Å². The molecule has 0 aromatic heterocycles. The number of thioether (sulfide) groups is 1. The van der Waals surface area contributed by atoms with Crippen LogP contribution < -0.4 is 4.72 Å². The second-order valence-corrected chi connectivity index (χ2v) is 8.57. The molecule has 0 heterocycles. The molecule has 0 saturated carbocycles. The second-order valence-electron chi connectivity index (χ2n) is 5.14. The number of benzene rings is 2. The van der Waals surface area contributed by atoms with Gasteiger partial charge in [0, 0.05) is 9.37 Å². The van der Waals surface area contributed by atoms with Gasteiger partial charge in [0.1, 0.15) is 5.40 Å². The molecule has 0 unspecified atom stereocenters. The van der Waals surface area contributed by atoms with Crippen molar-refractivity contribution in [3.63, 3.8) is 0 Å². The van der Waals surface area contributed by atoms with Crippen LogP contribution in [-0.4, -0.2) is 8.42 Å². The normalized spacial score (nSPS) is 11.1. The molecule has 0 saturated heterocycles. The maximum absolute atomic E-state index is 12.7. The van der Waals surface area contributed by atoms with Crippen molar-refractivity contribution in [2.24, 2.45) is 0 Å². The van der Waals surface area contributed by atoms with Crippen LogP contribution in [0.15, 0.2) is 44.6 Å². The van der Waals surface area contributed by atoms with E-state index in [0.717, 1.165) is 27.8 Å². The Labute approximate surface area is 149 Å². The summed E-state index contributed by atoms with van der Waals surface area (Å²) in [5, 5.41) is 10.8. The molecule has 0 spiro atoms. The number of nitrogens with zero attached hydrogens (tertiary/aromatic N) is 1. The molecule has 2 rings (SSSR count). The monoisotopic (exact) mass is 410 g/mol. The minimum absolute atomic E-state index is 0.237. The largest absolute Gasteiger partial charge is 0.279 e. The number of hydrogen-bond acceptors (Lipinski definition) is 4. The third-order valence-electron chi connectivity index (χ3n) is 3.35. The summed E-state index contributed by atoms with van der Waals surface area (Å²) < 4.78 is 28.8. The van der Waals surface area contributed by atoms with Gasteiger partial charge in [0.25, 0.3) is 10.0 Å². The van der Waals surface area contributed by atoms with Crippen LogP contribution in [0.3, 0.4) is 0 Å². The van der Waals surface area contributed by atoms with Crippen LogP contribution in [0.2, 0.25) is 0 Å². The number of nitrogens with one attached hydrogen (secondary N) is 1. The molecule has 0 amide bonds. The number of hydrogen-bond donors (Lipinski definition) is 1. The molecule has 0 bridgehead atoms. The van der Waals surface area contributed by atoms with E-state index in [1.165, 1.54) is 0 Å². The molecule has 0 aliphatic heterocycles. The molecule has 120 valence electrons. The van der Waals surface area contributed by atoms with Crippen LogP contribution in [0.25, 0.3) is 0 Å². The molecule has 23 heavy (non-hydrogen) atoms. The minimum atomic E-state index is -3.69. The molecule has 2 aromatic rings. The molecule has 7 heteroatoms. The first-order chi connectivity index (χ1) is 10.7. The van der Waals surface area contributed by atoms with E-state index in [9.17, 15) is 8.42 Å². The Morgan fingerprint density at radius 3 is 2.26 bits per heavy atom. The number of thiocyanates is 1. The van der Waals surface area contributed by atoms with E-state index in [-0.39, 0.29) is 4.90 Å². The Balaban J connectivity index is 2.46. The van der Waals surface area contributed by atoms with Crippen molar-refractivity contribution >= 4 is 43.4 Å². The van der Waals surface area contributed by atoms with Crippen molar-refractivity contribution in [1.82, 2.24) is 0 Å². The summed E-state index contributed by atoms with van der Waals surface area (Å²) in [6, 6.07) is 8.74. The van der Waals surface area contributed by atoms with Crippen molar-refractivity contribution in [3.05, 3.63) is 51.5 Å². The summed E-state index contributed by atoms with van der Waals surface area (Å²) in [5.74, 6) is 0. The van der Waals surface area contributed by atoms with Crippen LogP contribution in [0.4, 0.5) is 5.69 Å². The molecule has 2 aromatic carbocycles. The van der Waals surface area contributed by atoms with Gasteiger partial charge in [0.05, 0.1) is 10.6 Å². The fourth-order valence-corrected chi connectivity index (χ4v) is 4.81. The van der Waals surface area contributed by atoms with Gasteiger partial charge in [-0.2, -0.15) is 5.26 Å². The second kappa shape index (κ2) is 6.95. The van der Waals surface area contributed by atoms with Crippen molar-refractivity contribution in [1.29, 1.82) is 5.26 Å². The van der Waals surface area contributed by atoms with E-state index < -0.39 is 10.0 Å². The van der Waals surface area contributed by atoms with E-state index in [0.29, 0.717) is 15.7 Å². The summed E-state index contributed by atoms with van der Waals surface area (Å²) in [4.78, 5) is 1.03. The van der Waals surface area contributed by atoms with Gasteiger partial charge < -0.3 is 0 Å². The van der Waals surface area contributed by atoms with Crippen LogP contribution >= 0.6 is 27.7 Å². The van der Waals surface area contributed by atoms with Gasteiger partial charge in [-0.1, -0.05) is 22.0 Å². The summed E-state index contributed by atoms with van der Waals surface area (Å²) >= 11 is 4.36. The third kappa shape index (κ3) is 4.08. The minimum Gasteiger partial charge on any atom is -0.279 e. The number of sulfonamides is 1. The number of anilines is 1. The molecule has 0 aliphatic carbocycles. The topological polar surface area (TPSA) is 70.0 Å². The summed E-state index contributed by atoms with van der Waals surface area (Å²) in [6.07, 6.45) is 0. The first kappa shape index (κ1) is 17.9. The number of rotatable bonds is 4. The zero-order chi connectivity index (χ0) is 17.2. The fourth-order valence-electron chi connectivity index (χ4n) is 2.25. The SMILES string of the molecule is Cc1ccc(Br)cc1S(=O)(=O)Nc1c(C)cc(SC#N)cc1C. The van der Waals surface area contributed by atoms with Gasteiger partial charge in [-0.05, 0) is 73.5 Å². The van der Waals surface area contributed by atoms with Crippen molar-refractivity contribution < 1.29 is 8.42 Å². The fraction of sp³-hybridized carbons (Fsp3) is 0.188. The zero-order valence-electron chi connectivity index (χ0n) is 12.8. The first-order valence-electron chi connectivity index (χ1n) is 6.71. The number of nitriles is 1. The van der Waals surface area contributed by atoms with Gasteiger partial charge in [-0.25, -0.2) is 8.42 Å². The summed E-state index contributed by atoms with van der Waals surface area (Å²) in [5.41, 5.74) is 2.78. The highest BCUT2D eigenvalue weighted by Crippen LogP contribution is 2.30. The van der Waals surface area contributed by atoms with Crippen LogP contribution in [0.1, 0.15) is 16.7 Å². The predicted molar refractivity (Wildman–Crippen MR) is 97.1 cm³/mol. The average Bonchev–Trinajstić information content (AvgIpc) is 2.46. The smallest absolute Gasteiger partial charge is 0.262 e. The molecule has 0 fully saturated rings. The highest BCUT2D eigenvalue weighted by molar-refractivity contribution is 9.10. The van der Waals surface area contributed by atoms with Crippen LogP contribution in [0.5, 0.6) is 0 Å². The van der Waals surface area contributed by atoms with Crippen LogP contribution in [-0.2, 0) is 10.0 Å². The highest BCUT2D eigenvalue weighted by Gasteiger charge is 2.19. The molecule has 1 N–H and O–H groups in total. The average molecular weight is 411 g/mol. The molecule has 0 atom stereocenters. The van der Waals surface area contributed by atoms with Crippen molar-refractivity contribution in [3.8, 4) is 5.40 Å². The number of aryl methyl sites for hydroxylation is 3. The Hall–Kier alpha value is -1.49. The Bertz CT molecular complexity index is 880. The first-order valence-corrected chi connectivity index (χ1v) is 9.80. The molecular weight excluding hydrogens is 396 g/mol. The van der Waals surface area contributed by atoms with Crippen molar-refractivity contribution in [2.75, 3.05) is 4.72 Å². The lowest BCUT2D eigenvalue weighted by Gasteiger charge is -2.15. The van der Waals surface area contributed by atoms with Gasteiger partial charge in [0.15, 0.2) is 0 Å². The van der Waals surface area contributed by atoms with E-state index in [2.05, 4.69) is 20.7 Å². The lowest BCUT2D eigenvalue weighted by Crippen LogP contribution is -2.16. The van der Waals surface area contributed by atoms with Gasteiger partial charge in [-0.3, -0.25) is 4.72 Å².